The second-order valence-electron chi connectivity index (χ2n) is 7.44. The molecule has 1 saturated heterocycles. The number of ether oxygens (including phenoxy) is 1. The number of nitrogens with one attached hydrogen (secondary N) is 1. The van der Waals surface area contributed by atoms with Gasteiger partial charge in [0.15, 0.2) is 5.01 Å². The number of aromatic nitrogens is 1. The fourth-order valence-corrected chi connectivity index (χ4v) is 4.94. The predicted octanol–water partition coefficient (Wildman–Crippen LogP) is 4.33. The Balaban J connectivity index is 1.42. The number of anilines is 1. The third-order valence-corrected chi connectivity index (χ3v) is 6.59. The highest BCUT2D eigenvalue weighted by molar-refractivity contribution is 7.20. The van der Waals surface area contributed by atoms with E-state index in [0.29, 0.717) is 28.6 Å². The van der Waals surface area contributed by atoms with Gasteiger partial charge in [0.05, 0.1) is 22.4 Å². The van der Waals surface area contributed by atoms with Crippen molar-refractivity contribution in [1.82, 2.24) is 9.88 Å². The van der Waals surface area contributed by atoms with Crippen LogP contribution in [0.5, 0.6) is 5.75 Å². The largest absolute Gasteiger partial charge is 0.493 e. The van der Waals surface area contributed by atoms with Crippen molar-refractivity contribution in [3.63, 3.8) is 0 Å². The first-order valence-electron chi connectivity index (χ1n) is 9.94. The molecule has 0 unspecified atom stereocenters. The van der Waals surface area contributed by atoms with Crippen molar-refractivity contribution in [2.45, 2.75) is 31.7 Å². The van der Waals surface area contributed by atoms with Crippen LogP contribution in [-0.4, -0.2) is 40.9 Å². The molecule has 0 radical (unpaired) electrons. The quantitative estimate of drug-likeness (QED) is 0.687. The molecule has 0 aliphatic carbocycles. The van der Waals surface area contributed by atoms with Gasteiger partial charge in [0, 0.05) is 24.7 Å². The second kappa shape index (κ2) is 7.48. The Hall–Kier alpha value is -2.93. The Kier molecular flexibility index (Phi) is 4.67. The summed E-state index contributed by atoms with van der Waals surface area (Å²) in [6.07, 6.45) is 4.08. The topological polar surface area (TPSA) is 71.5 Å². The van der Waals surface area contributed by atoms with Crippen LogP contribution in [0, 0.1) is 0 Å². The molecule has 1 fully saturated rings. The molecule has 5 rings (SSSR count). The molecule has 2 aliphatic rings. The van der Waals surface area contributed by atoms with E-state index in [2.05, 4.69) is 10.3 Å². The van der Waals surface area contributed by atoms with Gasteiger partial charge in [0.1, 0.15) is 5.75 Å². The molecule has 3 aromatic rings. The van der Waals surface area contributed by atoms with Gasteiger partial charge in [-0.05, 0) is 49.6 Å². The molecule has 2 amide bonds. The van der Waals surface area contributed by atoms with Gasteiger partial charge in [-0.1, -0.05) is 12.1 Å². The summed E-state index contributed by atoms with van der Waals surface area (Å²) in [7, 11) is 0. The number of hydrogen-bond acceptors (Lipinski definition) is 5. The summed E-state index contributed by atoms with van der Waals surface area (Å²) in [5, 5.41) is 3.28. The Morgan fingerprint density at radius 1 is 1.17 bits per heavy atom. The summed E-state index contributed by atoms with van der Waals surface area (Å²) in [5.74, 6) is 0.290. The number of fused-ring (bicyclic) bond motifs is 3. The van der Waals surface area contributed by atoms with Crippen LogP contribution >= 0.6 is 11.3 Å². The van der Waals surface area contributed by atoms with E-state index in [9.17, 15) is 9.59 Å². The minimum atomic E-state index is -0.277. The average molecular weight is 407 g/mol. The van der Waals surface area contributed by atoms with Gasteiger partial charge in [0.25, 0.3) is 11.8 Å². The first kappa shape index (κ1) is 18.1. The van der Waals surface area contributed by atoms with Gasteiger partial charge < -0.3 is 15.0 Å². The molecule has 7 heteroatoms. The Morgan fingerprint density at radius 2 is 2.07 bits per heavy atom. The number of piperidine rings is 1. The molecule has 1 atom stereocenters. The zero-order valence-electron chi connectivity index (χ0n) is 15.9. The molecule has 1 N–H and O–H groups in total. The number of hydrogen-bond donors (Lipinski definition) is 1. The maximum absolute atomic E-state index is 13.2. The van der Waals surface area contributed by atoms with Gasteiger partial charge in [-0.15, -0.1) is 11.3 Å². The zero-order valence-corrected chi connectivity index (χ0v) is 16.7. The van der Waals surface area contributed by atoms with Crippen LogP contribution in [0.3, 0.4) is 0 Å². The number of amides is 2. The van der Waals surface area contributed by atoms with Gasteiger partial charge in [-0.25, -0.2) is 4.98 Å². The Morgan fingerprint density at radius 3 is 2.97 bits per heavy atom. The van der Waals surface area contributed by atoms with Crippen molar-refractivity contribution in [3.05, 3.63) is 53.0 Å². The smallest absolute Gasteiger partial charge is 0.284 e. The number of nitrogens with zero attached hydrogens (tertiary/aromatic N) is 2. The van der Waals surface area contributed by atoms with E-state index in [-0.39, 0.29) is 17.9 Å². The van der Waals surface area contributed by atoms with E-state index in [0.717, 1.165) is 42.4 Å². The fraction of sp³-hybridized carbons (Fsp3) is 0.318. The summed E-state index contributed by atoms with van der Waals surface area (Å²) in [4.78, 5) is 32.2. The highest BCUT2D eigenvalue weighted by Crippen LogP contribution is 2.31. The molecule has 0 spiro atoms. The Bertz CT molecular complexity index is 1060. The van der Waals surface area contributed by atoms with E-state index in [1.807, 2.05) is 29.2 Å². The van der Waals surface area contributed by atoms with E-state index < -0.39 is 0 Å². The maximum Gasteiger partial charge on any atom is 0.284 e. The summed E-state index contributed by atoms with van der Waals surface area (Å²) in [5.41, 5.74) is 1.89. The lowest BCUT2D eigenvalue weighted by Gasteiger charge is -2.37. The van der Waals surface area contributed by atoms with Crippen molar-refractivity contribution >= 4 is 39.1 Å². The zero-order chi connectivity index (χ0) is 19.8. The van der Waals surface area contributed by atoms with E-state index in [1.54, 1.807) is 18.2 Å². The third-order valence-electron chi connectivity index (χ3n) is 5.55. The number of carbonyl (C=O) groups excluding carboxylic acids is 2. The van der Waals surface area contributed by atoms with Crippen LogP contribution in [0.25, 0.3) is 10.2 Å². The lowest BCUT2D eigenvalue weighted by Crippen LogP contribution is -2.45. The van der Waals surface area contributed by atoms with Gasteiger partial charge in [-0.2, -0.15) is 0 Å². The van der Waals surface area contributed by atoms with E-state index in [4.69, 9.17) is 4.74 Å². The lowest BCUT2D eigenvalue weighted by molar-refractivity contribution is 0.0548. The number of benzene rings is 2. The highest BCUT2D eigenvalue weighted by atomic mass is 32.1. The minimum Gasteiger partial charge on any atom is -0.493 e. The first-order valence-corrected chi connectivity index (χ1v) is 10.8. The molecule has 2 aromatic carbocycles. The van der Waals surface area contributed by atoms with Crippen LogP contribution in [0.1, 0.15) is 45.8 Å². The van der Waals surface area contributed by atoms with Gasteiger partial charge in [0.2, 0.25) is 0 Å². The fourth-order valence-electron chi connectivity index (χ4n) is 4.08. The van der Waals surface area contributed by atoms with Crippen molar-refractivity contribution in [1.29, 1.82) is 0 Å². The number of thiazole rings is 1. The second-order valence-corrected chi connectivity index (χ2v) is 8.47. The molecular weight excluding hydrogens is 386 g/mol. The summed E-state index contributed by atoms with van der Waals surface area (Å²) in [6.45, 7) is 1.38. The molecule has 6 nitrogen and oxygen atoms in total. The van der Waals surface area contributed by atoms with Crippen LogP contribution in [-0.2, 0) is 0 Å². The number of carbonyl (C=O) groups is 2. The monoisotopic (exact) mass is 407 g/mol. The van der Waals surface area contributed by atoms with Crippen molar-refractivity contribution in [2.75, 3.05) is 18.5 Å². The molecule has 3 heterocycles. The van der Waals surface area contributed by atoms with Crippen LogP contribution < -0.4 is 10.1 Å². The average Bonchev–Trinajstić information content (AvgIpc) is 3.18. The van der Waals surface area contributed by atoms with Crippen molar-refractivity contribution in [2.24, 2.45) is 0 Å². The van der Waals surface area contributed by atoms with Crippen LogP contribution in [0.2, 0.25) is 0 Å². The normalized spacial score (nSPS) is 19.0. The molecule has 0 bridgehead atoms. The van der Waals surface area contributed by atoms with E-state index >= 15 is 0 Å². The lowest BCUT2D eigenvalue weighted by atomic mass is 9.97. The Labute approximate surface area is 172 Å². The van der Waals surface area contributed by atoms with Crippen molar-refractivity contribution in [3.8, 4) is 5.75 Å². The number of rotatable bonds is 2. The van der Waals surface area contributed by atoms with Gasteiger partial charge >= 0.3 is 0 Å². The summed E-state index contributed by atoms with van der Waals surface area (Å²) < 4.78 is 6.83. The minimum absolute atomic E-state index is 0.0134. The standard InChI is InChI=1S/C22H21N3O3S/c26-20(21-24-17-6-1-2-7-19(17)29-21)23-14-8-9-18-16(13-14)22(27)25-11-4-3-5-15(25)10-12-28-18/h1-2,6-9,13,15H,3-5,10-12H2,(H,23,26)/t15-/m1/s1. The molecule has 2 aliphatic heterocycles. The SMILES string of the molecule is O=C(Nc1ccc2c(c1)C(=O)N1CCCC[C@@H]1CCO2)c1nc2ccccc2s1. The maximum atomic E-state index is 13.2. The molecule has 1 aromatic heterocycles. The van der Waals surface area contributed by atoms with Crippen LogP contribution in [0.4, 0.5) is 5.69 Å². The van der Waals surface area contributed by atoms with Gasteiger partial charge in [-0.3, -0.25) is 9.59 Å². The molecular formula is C22H21N3O3S. The summed E-state index contributed by atoms with van der Waals surface area (Å²) in [6, 6.07) is 13.2. The molecule has 29 heavy (non-hydrogen) atoms. The summed E-state index contributed by atoms with van der Waals surface area (Å²) >= 11 is 1.35. The molecule has 0 saturated carbocycles. The van der Waals surface area contributed by atoms with Crippen molar-refractivity contribution < 1.29 is 14.3 Å². The highest BCUT2D eigenvalue weighted by Gasteiger charge is 2.31. The molecule has 148 valence electrons. The first-order chi connectivity index (χ1) is 14.2. The van der Waals surface area contributed by atoms with E-state index in [1.165, 1.54) is 11.3 Å². The van der Waals surface area contributed by atoms with Crippen LogP contribution in [0.15, 0.2) is 42.5 Å². The predicted molar refractivity (Wildman–Crippen MR) is 113 cm³/mol. The number of para-hydroxylation sites is 1. The third kappa shape index (κ3) is 3.46.